The molecule has 1 aliphatic heterocycles. The number of hydrogen-bond acceptors (Lipinski definition) is 6. The molecule has 30 heavy (non-hydrogen) atoms. The largest absolute Gasteiger partial charge is 0.446 e. The highest BCUT2D eigenvalue weighted by Gasteiger charge is 2.26. The summed E-state index contributed by atoms with van der Waals surface area (Å²) in [5.74, 6) is -0.103. The molecule has 1 atom stereocenters. The zero-order valence-corrected chi connectivity index (χ0v) is 17.8. The molecular formula is C22H30N4O4. The lowest BCUT2D eigenvalue weighted by Gasteiger charge is -2.24. The van der Waals surface area contributed by atoms with Crippen molar-refractivity contribution in [2.75, 3.05) is 19.8 Å². The van der Waals surface area contributed by atoms with Crippen LogP contribution in [0.15, 0.2) is 35.3 Å². The number of benzene rings is 1. The quantitative estimate of drug-likeness (QED) is 0.422. The molecule has 0 spiro atoms. The lowest BCUT2D eigenvalue weighted by molar-refractivity contribution is -0.122. The summed E-state index contributed by atoms with van der Waals surface area (Å²) < 4.78 is 10.8. The highest BCUT2D eigenvalue weighted by molar-refractivity contribution is 6.07. The van der Waals surface area contributed by atoms with Crippen molar-refractivity contribution in [3.63, 3.8) is 0 Å². The summed E-state index contributed by atoms with van der Waals surface area (Å²) >= 11 is 0. The minimum absolute atomic E-state index is 0.102. The van der Waals surface area contributed by atoms with Gasteiger partial charge in [-0.2, -0.15) is 5.26 Å². The van der Waals surface area contributed by atoms with Crippen LogP contribution in [0.4, 0.5) is 4.79 Å². The fraction of sp³-hybridized carbons (Fsp3) is 0.545. The number of amidine groups is 1. The van der Waals surface area contributed by atoms with Crippen LogP contribution < -0.4 is 10.6 Å². The molecule has 1 unspecified atom stereocenters. The van der Waals surface area contributed by atoms with Crippen LogP contribution in [-0.4, -0.2) is 49.7 Å². The average molecular weight is 415 g/mol. The van der Waals surface area contributed by atoms with E-state index in [0.717, 1.165) is 0 Å². The first-order chi connectivity index (χ1) is 14.3. The van der Waals surface area contributed by atoms with Crippen LogP contribution in [0.1, 0.15) is 45.6 Å². The van der Waals surface area contributed by atoms with Crippen molar-refractivity contribution >= 4 is 17.8 Å². The summed E-state index contributed by atoms with van der Waals surface area (Å²) in [6.07, 6.45) is 0.914. The molecule has 2 amide bonds. The first kappa shape index (κ1) is 23.4. The van der Waals surface area contributed by atoms with Gasteiger partial charge in [-0.1, -0.05) is 51.1 Å². The molecule has 1 aliphatic rings. The molecule has 1 fully saturated rings. The van der Waals surface area contributed by atoms with E-state index in [0.29, 0.717) is 38.0 Å². The van der Waals surface area contributed by atoms with Crippen molar-refractivity contribution in [3.05, 3.63) is 35.9 Å². The van der Waals surface area contributed by atoms with Crippen LogP contribution in [0.25, 0.3) is 0 Å². The average Bonchev–Trinajstić information content (AvgIpc) is 2.71. The Balaban J connectivity index is 2.25. The molecule has 0 aliphatic carbocycles. The Bertz CT molecular complexity index is 775. The molecule has 0 radical (unpaired) electrons. The second-order valence-corrected chi connectivity index (χ2v) is 8.34. The van der Waals surface area contributed by atoms with Gasteiger partial charge in [-0.25, -0.2) is 4.79 Å². The van der Waals surface area contributed by atoms with E-state index in [-0.39, 0.29) is 29.8 Å². The van der Waals surface area contributed by atoms with E-state index in [9.17, 15) is 9.59 Å². The number of nitrogens with zero attached hydrogens (tertiary/aromatic N) is 2. The summed E-state index contributed by atoms with van der Waals surface area (Å²) in [7, 11) is 0. The predicted molar refractivity (Wildman–Crippen MR) is 113 cm³/mol. The van der Waals surface area contributed by atoms with Crippen LogP contribution >= 0.6 is 0 Å². The third-order valence-corrected chi connectivity index (χ3v) is 4.44. The zero-order chi connectivity index (χ0) is 22.0. The second-order valence-electron chi connectivity index (χ2n) is 8.34. The van der Waals surface area contributed by atoms with E-state index in [1.165, 1.54) is 0 Å². The highest BCUT2D eigenvalue weighted by atomic mass is 16.6. The van der Waals surface area contributed by atoms with Gasteiger partial charge in [0.05, 0.1) is 19.3 Å². The van der Waals surface area contributed by atoms with Gasteiger partial charge in [0.1, 0.15) is 24.5 Å². The first-order valence-corrected chi connectivity index (χ1v) is 10.1. The topological polar surface area (TPSA) is 113 Å². The number of aliphatic imine (C=N–C) groups is 1. The first-order valence-electron chi connectivity index (χ1n) is 10.1. The maximum absolute atomic E-state index is 12.6. The normalized spacial score (nSPS) is 16.3. The number of nitriles is 1. The number of carbonyl (C=O) groups excluding carboxylic acids is 2. The number of rotatable bonds is 6. The molecule has 1 saturated heterocycles. The van der Waals surface area contributed by atoms with Crippen LogP contribution in [0.3, 0.4) is 0 Å². The van der Waals surface area contributed by atoms with Gasteiger partial charge in [0.15, 0.2) is 0 Å². The summed E-state index contributed by atoms with van der Waals surface area (Å²) in [6, 6.07) is 10.2. The molecule has 8 nitrogen and oxygen atoms in total. The van der Waals surface area contributed by atoms with E-state index >= 15 is 0 Å². The summed E-state index contributed by atoms with van der Waals surface area (Å²) in [4.78, 5) is 29.7. The molecular weight excluding hydrogens is 384 g/mol. The number of alkyl carbamates (subject to hydrolysis) is 1. The van der Waals surface area contributed by atoms with Crippen LogP contribution in [-0.2, 0) is 14.3 Å². The number of amides is 2. The molecule has 1 heterocycles. The Kier molecular flexibility index (Phi) is 8.81. The van der Waals surface area contributed by atoms with E-state index in [2.05, 4.69) is 15.6 Å². The SMILES string of the molecule is CC(C)(C)CC(N=C(NC(=O)OC1CCOCC1)c1ccccc1)C(=O)NCC#N. The van der Waals surface area contributed by atoms with Gasteiger partial charge in [0.2, 0.25) is 5.91 Å². The fourth-order valence-electron chi connectivity index (χ4n) is 3.02. The fourth-order valence-corrected chi connectivity index (χ4v) is 3.02. The smallest absolute Gasteiger partial charge is 0.413 e. The molecule has 1 aromatic carbocycles. The van der Waals surface area contributed by atoms with Gasteiger partial charge in [0.25, 0.3) is 0 Å². The third-order valence-electron chi connectivity index (χ3n) is 4.44. The van der Waals surface area contributed by atoms with Crippen molar-refractivity contribution < 1.29 is 19.1 Å². The number of carbonyl (C=O) groups is 2. The number of hydrogen-bond donors (Lipinski definition) is 2. The lowest BCUT2D eigenvalue weighted by Crippen LogP contribution is -2.40. The molecule has 2 N–H and O–H groups in total. The molecule has 8 heteroatoms. The maximum Gasteiger partial charge on any atom is 0.413 e. The van der Waals surface area contributed by atoms with Crippen LogP contribution in [0, 0.1) is 16.7 Å². The molecule has 0 bridgehead atoms. The van der Waals surface area contributed by atoms with Crippen molar-refractivity contribution in [1.29, 1.82) is 5.26 Å². The van der Waals surface area contributed by atoms with Crippen LogP contribution in [0.2, 0.25) is 0 Å². The Morgan fingerprint density at radius 2 is 1.93 bits per heavy atom. The van der Waals surface area contributed by atoms with E-state index in [1.807, 2.05) is 45.0 Å². The molecule has 1 aromatic rings. The minimum Gasteiger partial charge on any atom is -0.446 e. The van der Waals surface area contributed by atoms with Gasteiger partial charge in [-0.3, -0.25) is 15.1 Å². The molecule has 0 saturated carbocycles. The summed E-state index contributed by atoms with van der Waals surface area (Å²) in [5, 5.41) is 14.1. The minimum atomic E-state index is -0.767. The summed E-state index contributed by atoms with van der Waals surface area (Å²) in [5.41, 5.74) is 0.469. The van der Waals surface area contributed by atoms with Gasteiger partial charge in [-0.15, -0.1) is 0 Å². The van der Waals surface area contributed by atoms with Gasteiger partial charge in [-0.05, 0) is 11.8 Å². The van der Waals surface area contributed by atoms with Gasteiger partial charge >= 0.3 is 6.09 Å². The van der Waals surface area contributed by atoms with Gasteiger partial charge < -0.3 is 14.8 Å². The van der Waals surface area contributed by atoms with Crippen molar-refractivity contribution in [2.24, 2.45) is 10.4 Å². The highest BCUT2D eigenvalue weighted by Crippen LogP contribution is 2.23. The Hall–Kier alpha value is -2.92. The number of ether oxygens (including phenoxy) is 2. The lowest BCUT2D eigenvalue weighted by atomic mass is 9.88. The third kappa shape index (κ3) is 8.21. The molecule has 162 valence electrons. The van der Waals surface area contributed by atoms with Crippen LogP contribution in [0.5, 0.6) is 0 Å². The van der Waals surface area contributed by atoms with E-state index in [4.69, 9.17) is 14.7 Å². The van der Waals surface area contributed by atoms with E-state index < -0.39 is 12.1 Å². The van der Waals surface area contributed by atoms with Crippen molar-refractivity contribution in [2.45, 2.75) is 52.2 Å². The standard InChI is InChI=1S/C22H30N4O4/c1-22(2,3)15-18(20(27)24-12-11-23)25-19(16-7-5-4-6-8-16)26-21(28)30-17-9-13-29-14-10-17/h4-8,17-18H,9-10,12-15H2,1-3H3,(H,24,27)(H,25,26,28). The second kappa shape index (κ2) is 11.3. The maximum atomic E-state index is 12.6. The Labute approximate surface area is 177 Å². The van der Waals surface area contributed by atoms with E-state index in [1.54, 1.807) is 12.1 Å². The summed E-state index contributed by atoms with van der Waals surface area (Å²) in [6.45, 7) is 7.02. The molecule has 0 aromatic heterocycles. The van der Waals surface area contributed by atoms with Crippen molar-refractivity contribution in [3.8, 4) is 6.07 Å². The number of nitrogens with one attached hydrogen (secondary N) is 2. The Morgan fingerprint density at radius 1 is 1.27 bits per heavy atom. The Morgan fingerprint density at radius 3 is 2.53 bits per heavy atom. The van der Waals surface area contributed by atoms with Gasteiger partial charge in [0, 0.05) is 18.4 Å². The zero-order valence-electron chi connectivity index (χ0n) is 17.8. The predicted octanol–water partition coefficient (Wildman–Crippen LogP) is 2.78. The van der Waals surface area contributed by atoms with Crippen molar-refractivity contribution in [1.82, 2.24) is 10.6 Å². The molecule has 2 rings (SSSR count). The monoisotopic (exact) mass is 414 g/mol.